The fraction of sp³-hybridized carbons (Fsp3) is 0.192. The molecule has 0 aromatic heterocycles. The molecule has 0 spiro atoms. The number of nitrogens with one attached hydrogen (secondary N) is 1. The first-order valence-electron chi connectivity index (χ1n) is 10.3. The molecule has 4 heteroatoms. The van der Waals surface area contributed by atoms with E-state index in [2.05, 4.69) is 66.8 Å². The number of benzene rings is 3. The molecule has 2 aliphatic rings. The summed E-state index contributed by atoms with van der Waals surface area (Å²) in [4.78, 5) is 13.0. The molecule has 0 radical (unpaired) electrons. The van der Waals surface area contributed by atoms with E-state index in [1.165, 1.54) is 27.2 Å². The standard InChI is InChI=1S/C24H19NO2S.C2H6.H2/c1-15-7-8-18-12-19(17-9-10-21-20(13-17)25-23(26)14-27-21)24(28-22(18)11-15)16-5-3-2-4-6-16;1-2;/h2-13,24H,14H2,1H3,(H,25,26);1-2H3;1H. The molecule has 1 N–H and O–H groups in total. The summed E-state index contributed by atoms with van der Waals surface area (Å²) in [5.41, 5.74) is 6.83. The van der Waals surface area contributed by atoms with E-state index in [0.29, 0.717) is 0 Å². The van der Waals surface area contributed by atoms with Crippen molar-refractivity contribution in [3.8, 4) is 5.75 Å². The SMILES string of the molecule is CC.Cc1ccc2c(c1)SC(c1ccccc1)C(c1ccc3c(c1)NC(=O)CO3)=C2.[HH]. The van der Waals surface area contributed by atoms with E-state index in [9.17, 15) is 4.79 Å². The molecule has 3 aromatic carbocycles. The van der Waals surface area contributed by atoms with Crippen molar-refractivity contribution in [1.82, 2.24) is 0 Å². The molecule has 3 nitrogen and oxygen atoms in total. The van der Waals surface area contributed by atoms with Crippen LogP contribution in [-0.4, -0.2) is 12.5 Å². The van der Waals surface area contributed by atoms with Crippen molar-refractivity contribution in [3.63, 3.8) is 0 Å². The Morgan fingerprint density at radius 3 is 2.63 bits per heavy atom. The quantitative estimate of drug-likeness (QED) is 0.488. The van der Waals surface area contributed by atoms with E-state index in [-0.39, 0.29) is 19.2 Å². The molecule has 1 atom stereocenters. The molecule has 3 aromatic rings. The van der Waals surface area contributed by atoms with Crippen LogP contribution >= 0.6 is 11.8 Å². The van der Waals surface area contributed by atoms with Crippen LogP contribution in [0.5, 0.6) is 5.75 Å². The number of aryl methyl sites for hydroxylation is 1. The summed E-state index contributed by atoms with van der Waals surface area (Å²) in [5.74, 6) is 0.608. The van der Waals surface area contributed by atoms with Gasteiger partial charge in [-0.25, -0.2) is 0 Å². The molecule has 0 fully saturated rings. The zero-order valence-corrected chi connectivity index (χ0v) is 18.3. The van der Waals surface area contributed by atoms with E-state index < -0.39 is 0 Å². The molecule has 1 amide bonds. The summed E-state index contributed by atoms with van der Waals surface area (Å²) in [6, 6.07) is 23.2. The smallest absolute Gasteiger partial charge is 0.262 e. The van der Waals surface area contributed by atoms with Crippen molar-refractivity contribution in [2.45, 2.75) is 30.9 Å². The highest BCUT2D eigenvalue weighted by Gasteiger charge is 2.26. The number of anilines is 1. The molecule has 0 bridgehead atoms. The molecule has 0 aliphatic carbocycles. The van der Waals surface area contributed by atoms with Gasteiger partial charge < -0.3 is 10.1 Å². The van der Waals surface area contributed by atoms with Gasteiger partial charge in [0.15, 0.2) is 6.61 Å². The third-order valence-electron chi connectivity index (χ3n) is 5.06. The van der Waals surface area contributed by atoms with Crippen molar-refractivity contribution in [3.05, 3.63) is 89.0 Å². The van der Waals surface area contributed by atoms with E-state index in [1.807, 2.05) is 43.8 Å². The Morgan fingerprint density at radius 2 is 1.83 bits per heavy atom. The van der Waals surface area contributed by atoms with Crippen LogP contribution in [0.2, 0.25) is 0 Å². The highest BCUT2D eigenvalue weighted by atomic mass is 32.2. The lowest BCUT2D eigenvalue weighted by Gasteiger charge is -2.28. The minimum absolute atomic E-state index is 0. The molecule has 154 valence electrons. The fourth-order valence-corrected chi connectivity index (χ4v) is 5.06. The largest absolute Gasteiger partial charge is 0.482 e. The first-order chi connectivity index (χ1) is 14.7. The van der Waals surface area contributed by atoms with E-state index in [0.717, 1.165) is 17.0 Å². The lowest BCUT2D eigenvalue weighted by Crippen LogP contribution is -2.25. The summed E-state index contributed by atoms with van der Waals surface area (Å²) in [6.45, 7) is 6.20. The maximum atomic E-state index is 11.7. The molecular weight excluding hydrogens is 390 g/mol. The van der Waals surface area contributed by atoms with Crippen LogP contribution in [0.1, 0.15) is 42.8 Å². The average molecular weight is 418 g/mol. The monoisotopic (exact) mass is 417 g/mol. The minimum Gasteiger partial charge on any atom is -0.482 e. The molecule has 0 saturated heterocycles. The lowest BCUT2D eigenvalue weighted by molar-refractivity contribution is -0.118. The van der Waals surface area contributed by atoms with Gasteiger partial charge in [-0.05, 0) is 59.0 Å². The van der Waals surface area contributed by atoms with E-state index in [4.69, 9.17) is 4.74 Å². The van der Waals surface area contributed by atoms with Crippen LogP contribution in [0.25, 0.3) is 11.6 Å². The van der Waals surface area contributed by atoms with Crippen LogP contribution in [0, 0.1) is 6.92 Å². The molecular formula is C26H27NO2S. The summed E-state index contributed by atoms with van der Waals surface area (Å²) in [6.07, 6.45) is 2.27. The molecule has 5 rings (SSSR count). The molecule has 2 heterocycles. The maximum Gasteiger partial charge on any atom is 0.262 e. The molecule has 30 heavy (non-hydrogen) atoms. The van der Waals surface area contributed by atoms with Crippen molar-refractivity contribution < 1.29 is 11.0 Å². The summed E-state index contributed by atoms with van der Waals surface area (Å²) >= 11 is 1.88. The van der Waals surface area contributed by atoms with Crippen LogP contribution in [0.4, 0.5) is 5.69 Å². The number of carbonyl (C=O) groups is 1. The Labute approximate surface area is 183 Å². The van der Waals surface area contributed by atoms with Gasteiger partial charge in [-0.15, -0.1) is 11.8 Å². The highest BCUT2D eigenvalue weighted by Crippen LogP contribution is 2.51. The van der Waals surface area contributed by atoms with Crippen molar-refractivity contribution >= 4 is 35.0 Å². The Bertz CT molecular complexity index is 1110. The third kappa shape index (κ3) is 4.01. The van der Waals surface area contributed by atoms with Crippen LogP contribution in [-0.2, 0) is 4.79 Å². The van der Waals surface area contributed by atoms with Gasteiger partial charge in [-0.2, -0.15) is 0 Å². The second-order valence-electron chi connectivity index (χ2n) is 7.10. The number of ether oxygens (including phenoxy) is 1. The van der Waals surface area contributed by atoms with Gasteiger partial charge >= 0.3 is 0 Å². The predicted molar refractivity (Wildman–Crippen MR) is 128 cm³/mol. The normalized spacial score (nSPS) is 16.7. The third-order valence-corrected chi connectivity index (χ3v) is 6.42. The topological polar surface area (TPSA) is 38.3 Å². The second kappa shape index (κ2) is 8.80. The Balaban J connectivity index is 0.000000883. The van der Waals surface area contributed by atoms with Crippen molar-refractivity contribution in [2.75, 3.05) is 11.9 Å². The number of hydrogen-bond acceptors (Lipinski definition) is 3. The first kappa shape index (κ1) is 20.3. The number of fused-ring (bicyclic) bond motifs is 2. The van der Waals surface area contributed by atoms with Gasteiger partial charge in [0.2, 0.25) is 0 Å². The highest BCUT2D eigenvalue weighted by molar-refractivity contribution is 8.00. The Kier molecular flexibility index (Phi) is 5.96. The van der Waals surface area contributed by atoms with Crippen LogP contribution < -0.4 is 10.1 Å². The average Bonchev–Trinajstić information content (AvgIpc) is 2.79. The Morgan fingerprint density at radius 1 is 1.03 bits per heavy atom. The number of hydrogen-bond donors (Lipinski definition) is 1. The van der Waals surface area contributed by atoms with Gasteiger partial charge in [-0.1, -0.05) is 62.4 Å². The van der Waals surface area contributed by atoms with Gasteiger partial charge in [-0.3, -0.25) is 4.79 Å². The van der Waals surface area contributed by atoms with E-state index >= 15 is 0 Å². The fourth-order valence-electron chi connectivity index (χ4n) is 3.67. The summed E-state index contributed by atoms with van der Waals surface area (Å²) < 4.78 is 5.52. The number of carbonyl (C=O) groups excluding carboxylic acids is 1. The lowest BCUT2D eigenvalue weighted by atomic mass is 9.94. The van der Waals surface area contributed by atoms with Crippen LogP contribution in [0.3, 0.4) is 0 Å². The predicted octanol–water partition coefficient (Wildman–Crippen LogP) is 6.99. The minimum atomic E-state index is -0.114. The number of rotatable bonds is 2. The maximum absolute atomic E-state index is 11.7. The van der Waals surface area contributed by atoms with Crippen molar-refractivity contribution in [2.24, 2.45) is 0 Å². The molecule has 2 aliphatic heterocycles. The van der Waals surface area contributed by atoms with Gasteiger partial charge in [0.1, 0.15) is 5.75 Å². The van der Waals surface area contributed by atoms with Gasteiger partial charge in [0.05, 0.1) is 10.9 Å². The Hall–Kier alpha value is -2.98. The number of amides is 1. The molecule has 1 unspecified atom stereocenters. The summed E-state index contributed by atoms with van der Waals surface area (Å²) in [5, 5.41) is 3.11. The van der Waals surface area contributed by atoms with Gasteiger partial charge in [0.25, 0.3) is 5.91 Å². The molecule has 0 saturated carbocycles. The number of thioether (sulfide) groups is 1. The van der Waals surface area contributed by atoms with E-state index in [1.54, 1.807) is 0 Å². The first-order valence-corrected chi connectivity index (χ1v) is 11.2. The van der Waals surface area contributed by atoms with Gasteiger partial charge in [0, 0.05) is 6.32 Å². The zero-order valence-electron chi connectivity index (χ0n) is 17.4. The van der Waals surface area contributed by atoms with Crippen molar-refractivity contribution in [1.29, 1.82) is 0 Å². The summed E-state index contributed by atoms with van der Waals surface area (Å²) in [7, 11) is 0. The second-order valence-corrected chi connectivity index (χ2v) is 8.24. The zero-order chi connectivity index (χ0) is 21.1. The van der Waals surface area contributed by atoms with Crippen LogP contribution in [0.15, 0.2) is 71.6 Å².